The number of hydrogen-bond donors (Lipinski definition) is 0. The summed E-state index contributed by atoms with van der Waals surface area (Å²) in [6.07, 6.45) is 4.03. The molecule has 0 aromatic heterocycles. The van der Waals surface area contributed by atoms with E-state index in [1.807, 2.05) is 26.0 Å². The van der Waals surface area contributed by atoms with Crippen molar-refractivity contribution >= 4 is 38.5 Å². The first kappa shape index (κ1) is 17.5. The molecule has 0 radical (unpaired) electrons. The van der Waals surface area contributed by atoms with Crippen LogP contribution in [-0.4, -0.2) is 0 Å². The third kappa shape index (κ3) is 3.38. The van der Waals surface area contributed by atoms with Crippen molar-refractivity contribution in [1.82, 2.24) is 0 Å². The molecule has 0 aliphatic carbocycles. The summed E-state index contributed by atoms with van der Waals surface area (Å²) in [5.41, 5.74) is 1.98. The molecule has 0 heterocycles. The Morgan fingerprint density at radius 1 is 0.625 bits per heavy atom. The molecule has 0 saturated carbocycles. The van der Waals surface area contributed by atoms with Gasteiger partial charge in [-0.2, -0.15) is 0 Å². The van der Waals surface area contributed by atoms with Crippen LogP contribution in [0.5, 0.6) is 0 Å². The zero-order valence-corrected chi connectivity index (χ0v) is 14.7. The highest BCUT2D eigenvalue weighted by molar-refractivity contribution is 5.45. The smallest absolute Gasteiger partial charge is 0.0105 e. The summed E-state index contributed by atoms with van der Waals surface area (Å²) in [6.45, 7) is 28.6. The molecule has 0 spiro atoms. The van der Waals surface area contributed by atoms with E-state index < -0.39 is 0 Å². The summed E-state index contributed by atoms with van der Waals surface area (Å²) in [5, 5.41) is 7.81. The Morgan fingerprint density at radius 3 is 1.25 bits per heavy atom. The second-order valence-corrected chi connectivity index (χ2v) is 6.30. The van der Waals surface area contributed by atoms with E-state index in [1.165, 1.54) is 0 Å². The Labute approximate surface area is 143 Å². The third-order valence-electron chi connectivity index (χ3n) is 4.03. The molecule has 0 nitrogen and oxygen atoms in total. The van der Waals surface area contributed by atoms with E-state index in [1.54, 1.807) is 0 Å². The van der Waals surface area contributed by atoms with Crippen molar-refractivity contribution in [2.75, 3.05) is 0 Å². The highest BCUT2D eigenvalue weighted by atomic mass is 14.0. The molecule has 0 aliphatic rings. The molecule has 2 aromatic rings. The minimum atomic E-state index is 0.908. The summed E-state index contributed by atoms with van der Waals surface area (Å²) in [7, 11) is 0. The van der Waals surface area contributed by atoms with Gasteiger partial charge in [-0.25, -0.2) is 0 Å². The third-order valence-corrected chi connectivity index (χ3v) is 4.03. The first-order chi connectivity index (χ1) is 11.2. The van der Waals surface area contributed by atoms with Gasteiger partial charge in [0.1, 0.15) is 0 Å². The lowest BCUT2D eigenvalue weighted by atomic mass is 10.1. The lowest BCUT2D eigenvalue weighted by molar-refractivity contribution is 1.32. The van der Waals surface area contributed by atoms with Crippen LogP contribution in [0.15, 0.2) is 48.6 Å². The molecule has 0 heteroatoms. The van der Waals surface area contributed by atoms with Crippen LogP contribution in [0.1, 0.15) is 13.8 Å². The Kier molecular flexibility index (Phi) is 4.90. The van der Waals surface area contributed by atoms with Gasteiger partial charge in [0, 0.05) is 0 Å². The first-order valence-corrected chi connectivity index (χ1v) is 7.85. The quantitative estimate of drug-likeness (QED) is 0.785. The highest BCUT2D eigenvalue weighted by Crippen LogP contribution is 1.87. The number of benzene rings is 2. The number of hydrogen-bond acceptors (Lipinski definition) is 0. The van der Waals surface area contributed by atoms with Crippen LogP contribution in [0.3, 0.4) is 0 Å². The van der Waals surface area contributed by atoms with E-state index in [0.29, 0.717) is 0 Å². The maximum absolute atomic E-state index is 4.22. The second kappa shape index (κ2) is 6.72. The Bertz CT molecular complexity index is 1150. The second-order valence-electron chi connectivity index (χ2n) is 6.30. The molecule has 0 bridgehead atoms. The van der Waals surface area contributed by atoms with Crippen molar-refractivity contribution in [3.8, 4) is 0 Å². The van der Waals surface area contributed by atoms with Gasteiger partial charge in [0.05, 0.1) is 0 Å². The predicted octanol–water partition coefficient (Wildman–Crippen LogP) is 1.33. The fourth-order valence-corrected chi connectivity index (χ4v) is 2.73. The molecule has 0 fully saturated rings. The first-order valence-electron chi connectivity index (χ1n) is 7.85. The molecule has 0 saturated heterocycles. The number of rotatable bonds is 2. The monoisotopic (exact) mass is 312 g/mol. The summed E-state index contributed by atoms with van der Waals surface area (Å²) in [5.74, 6) is 0. The normalized spacial score (nSPS) is 13.9. The molecule has 0 N–H and O–H groups in total. The van der Waals surface area contributed by atoms with Crippen molar-refractivity contribution in [2.24, 2.45) is 0 Å². The van der Waals surface area contributed by atoms with Gasteiger partial charge in [-0.15, -0.1) is 0 Å². The van der Waals surface area contributed by atoms with Crippen LogP contribution in [-0.2, 0) is 0 Å². The van der Waals surface area contributed by atoms with Crippen LogP contribution in [0.2, 0.25) is 0 Å². The lowest BCUT2D eigenvalue weighted by Gasteiger charge is -1.98. The van der Waals surface area contributed by atoms with Crippen molar-refractivity contribution in [1.29, 1.82) is 0 Å². The van der Waals surface area contributed by atoms with E-state index in [2.05, 4.69) is 63.7 Å². The van der Waals surface area contributed by atoms with Gasteiger partial charge >= 0.3 is 0 Å². The molecule has 2 rings (SSSR count). The van der Waals surface area contributed by atoms with Crippen LogP contribution >= 0.6 is 0 Å². The van der Waals surface area contributed by atoms with Crippen molar-refractivity contribution in [2.45, 2.75) is 13.8 Å². The molecule has 0 atom stereocenters. The minimum absolute atomic E-state index is 0.908. The summed E-state index contributed by atoms with van der Waals surface area (Å²) in [6, 6.07) is 8.24. The molecule has 2 aromatic carbocycles. The van der Waals surface area contributed by atoms with Gasteiger partial charge in [0.2, 0.25) is 0 Å². The van der Waals surface area contributed by atoms with Crippen LogP contribution in [0, 0.1) is 10.4 Å². The molecule has 0 aliphatic heterocycles. The average Bonchev–Trinajstić information content (AvgIpc) is 2.49. The fraction of sp³-hybridized carbons (Fsp3) is 0.0833. The van der Waals surface area contributed by atoms with Crippen LogP contribution in [0.4, 0.5) is 0 Å². The Morgan fingerprint density at radius 2 is 0.958 bits per heavy atom. The van der Waals surface area contributed by atoms with E-state index in [4.69, 9.17) is 0 Å². The molecule has 0 unspecified atom stereocenters. The zero-order chi connectivity index (χ0) is 18.0. The van der Waals surface area contributed by atoms with E-state index in [-0.39, 0.29) is 0 Å². The van der Waals surface area contributed by atoms with Gasteiger partial charge < -0.3 is 0 Å². The molecular formula is C24H24. The summed E-state index contributed by atoms with van der Waals surface area (Å²) in [4.78, 5) is 0. The maximum Gasteiger partial charge on any atom is -0.0105 e. The van der Waals surface area contributed by atoms with Gasteiger partial charge in [0.25, 0.3) is 0 Å². The average molecular weight is 312 g/mol. The van der Waals surface area contributed by atoms with Crippen LogP contribution in [0.25, 0.3) is 38.5 Å². The maximum atomic E-state index is 4.22. The predicted molar refractivity (Wildman–Crippen MR) is 109 cm³/mol. The van der Waals surface area contributed by atoms with Crippen molar-refractivity contribution in [3.63, 3.8) is 0 Å². The zero-order valence-electron chi connectivity index (χ0n) is 14.7. The molecular weight excluding hydrogens is 288 g/mol. The molecule has 24 heavy (non-hydrogen) atoms. The fourth-order valence-electron chi connectivity index (χ4n) is 2.73. The molecule has 120 valence electrons. The van der Waals surface area contributed by atoms with E-state index in [0.717, 1.165) is 52.9 Å². The standard InChI is InChI=1S/C24H24/c1-15(2)13-21-9-11-23(19(7)17(21)5)24-12-10-22(14-16(3)4)18(6)20(24)8/h9-14H,1,3,5-8H2,2,4H3/b21-13-,22-14-,24-23-. The largest absolute Gasteiger partial charge is 0.0961 e. The van der Waals surface area contributed by atoms with E-state index >= 15 is 0 Å². The SMILES string of the molecule is C=C(C)/C=c1/cc/c(=c2\cc/c(=C/C(=C)C)c(=C)c2=C)c(=C)c1=C. The molecule has 0 amide bonds. The van der Waals surface area contributed by atoms with E-state index in [9.17, 15) is 0 Å². The van der Waals surface area contributed by atoms with Crippen LogP contribution < -0.4 is 31.3 Å². The van der Waals surface area contributed by atoms with Crippen molar-refractivity contribution in [3.05, 3.63) is 90.3 Å². The minimum Gasteiger partial charge on any atom is -0.0961 e. The lowest BCUT2D eigenvalue weighted by Crippen LogP contribution is -2.40. The number of allylic oxidation sites excluding steroid dienone is 2. The van der Waals surface area contributed by atoms with Gasteiger partial charge in [-0.05, 0) is 55.6 Å². The topological polar surface area (TPSA) is 0 Å². The van der Waals surface area contributed by atoms with Gasteiger partial charge in [-0.1, -0.05) is 87.0 Å². The summed E-state index contributed by atoms with van der Waals surface area (Å²) >= 11 is 0. The van der Waals surface area contributed by atoms with Gasteiger partial charge in [-0.3, -0.25) is 0 Å². The van der Waals surface area contributed by atoms with Gasteiger partial charge in [0.15, 0.2) is 0 Å². The van der Waals surface area contributed by atoms with Crippen molar-refractivity contribution < 1.29 is 0 Å². The highest BCUT2D eigenvalue weighted by Gasteiger charge is 1.94. The Hall–Kier alpha value is -2.86. The summed E-state index contributed by atoms with van der Waals surface area (Å²) < 4.78 is 0. The Balaban J connectivity index is 3.07.